The van der Waals surface area contributed by atoms with Gasteiger partial charge in [0.25, 0.3) is 0 Å². The molecule has 1 aliphatic rings. The van der Waals surface area contributed by atoms with Crippen molar-refractivity contribution in [3.05, 3.63) is 39.1 Å². The van der Waals surface area contributed by atoms with Gasteiger partial charge in [0.05, 0.1) is 30.3 Å². The Morgan fingerprint density at radius 2 is 2.15 bits per heavy atom. The summed E-state index contributed by atoms with van der Waals surface area (Å²) in [5.74, 6) is 0.677. The Hall–Kier alpha value is -0.710. The van der Waals surface area contributed by atoms with Gasteiger partial charge in [-0.05, 0) is 19.1 Å². The third-order valence-electron chi connectivity index (χ3n) is 4.18. The number of hydrogen-bond donors (Lipinski definition) is 1. The van der Waals surface area contributed by atoms with Crippen LogP contribution in [0.5, 0.6) is 0 Å². The average molecular weight is 352 g/mol. The molecule has 106 valence electrons. The van der Waals surface area contributed by atoms with E-state index in [1.807, 2.05) is 11.3 Å². The lowest BCUT2D eigenvalue weighted by molar-refractivity contribution is -0.903. The van der Waals surface area contributed by atoms with E-state index in [-0.39, 0.29) is 0 Å². The number of nitrogens with one attached hydrogen (secondary N) is 1. The molecule has 0 unspecified atom stereocenters. The first-order chi connectivity index (χ1) is 9.76. The molecule has 2 aromatic rings. The maximum absolute atomic E-state index is 4.88. The second kappa shape index (κ2) is 6.37. The monoisotopic (exact) mass is 351 g/mol. The van der Waals surface area contributed by atoms with Gasteiger partial charge in [-0.1, -0.05) is 28.1 Å². The molecule has 2 heterocycles. The smallest absolute Gasteiger partial charge is 0.0968 e. The maximum atomic E-state index is 4.88. The van der Waals surface area contributed by atoms with Crippen LogP contribution in [0.25, 0.3) is 11.3 Å². The zero-order valence-electron chi connectivity index (χ0n) is 11.7. The molecule has 1 N–H and O–H groups in total. The van der Waals surface area contributed by atoms with Crippen LogP contribution >= 0.6 is 27.3 Å². The molecule has 2 nitrogen and oxygen atoms in total. The Balaban J connectivity index is 1.74. The standard InChI is InChI=1S/C16H19BrN2S/c1-2-19-8-6-12(7-9-19)16-18-15(11-20-16)13-4-3-5-14(17)10-13/h3-5,10-12H,2,6-9H2,1H3/p+1. The average Bonchev–Trinajstić information content (AvgIpc) is 2.97. The second-order valence-electron chi connectivity index (χ2n) is 5.46. The van der Waals surface area contributed by atoms with Gasteiger partial charge in [0.15, 0.2) is 0 Å². The largest absolute Gasteiger partial charge is 0.335 e. The molecular formula is C16H20BrN2S+. The third-order valence-corrected chi connectivity index (χ3v) is 5.68. The van der Waals surface area contributed by atoms with Crippen molar-refractivity contribution in [2.75, 3.05) is 19.6 Å². The summed E-state index contributed by atoms with van der Waals surface area (Å²) < 4.78 is 1.12. The summed E-state index contributed by atoms with van der Waals surface area (Å²) >= 11 is 5.36. The van der Waals surface area contributed by atoms with E-state index in [1.165, 1.54) is 43.0 Å². The highest BCUT2D eigenvalue weighted by atomic mass is 79.9. The van der Waals surface area contributed by atoms with Crippen LogP contribution in [-0.4, -0.2) is 24.6 Å². The molecule has 3 rings (SSSR count). The van der Waals surface area contributed by atoms with E-state index in [0.717, 1.165) is 10.2 Å². The highest BCUT2D eigenvalue weighted by molar-refractivity contribution is 9.10. The Kier molecular flexibility index (Phi) is 4.54. The van der Waals surface area contributed by atoms with Crippen molar-refractivity contribution in [3.8, 4) is 11.3 Å². The topological polar surface area (TPSA) is 17.3 Å². The fraction of sp³-hybridized carbons (Fsp3) is 0.438. The molecule has 0 radical (unpaired) electrons. The first-order valence-corrected chi connectivity index (χ1v) is 8.98. The minimum Gasteiger partial charge on any atom is -0.335 e. The number of hydrogen-bond acceptors (Lipinski definition) is 2. The fourth-order valence-corrected chi connectivity index (χ4v) is 4.28. The van der Waals surface area contributed by atoms with Crippen molar-refractivity contribution in [1.82, 2.24) is 4.98 Å². The molecule has 20 heavy (non-hydrogen) atoms. The van der Waals surface area contributed by atoms with E-state index >= 15 is 0 Å². The highest BCUT2D eigenvalue weighted by Gasteiger charge is 2.24. The lowest BCUT2D eigenvalue weighted by Gasteiger charge is -2.27. The highest BCUT2D eigenvalue weighted by Crippen LogP contribution is 2.31. The van der Waals surface area contributed by atoms with E-state index < -0.39 is 0 Å². The van der Waals surface area contributed by atoms with Crippen LogP contribution in [0.15, 0.2) is 34.1 Å². The quantitative estimate of drug-likeness (QED) is 0.897. The van der Waals surface area contributed by atoms with Crippen molar-refractivity contribution in [3.63, 3.8) is 0 Å². The Morgan fingerprint density at radius 3 is 2.85 bits per heavy atom. The number of likely N-dealkylation sites (tertiary alicyclic amines) is 1. The van der Waals surface area contributed by atoms with Gasteiger partial charge in [-0.25, -0.2) is 4.98 Å². The summed E-state index contributed by atoms with van der Waals surface area (Å²) in [6.45, 7) is 6.14. The molecule has 1 aromatic heterocycles. The fourth-order valence-electron chi connectivity index (χ4n) is 2.88. The Labute approximate surface area is 133 Å². The summed E-state index contributed by atoms with van der Waals surface area (Å²) in [4.78, 5) is 6.63. The van der Waals surface area contributed by atoms with E-state index in [0.29, 0.717) is 5.92 Å². The second-order valence-corrected chi connectivity index (χ2v) is 7.26. The molecular weight excluding hydrogens is 332 g/mol. The van der Waals surface area contributed by atoms with Gasteiger partial charge >= 0.3 is 0 Å². The number of halogens is 1. The first kappa shape index (κ1) is 14.2. The van der Waals surface area contributed by atoms with Crippen LogP contribution in [0.2, 0.25) is 0 Å². The minimum atomic E-state index is 0.677. The Bertz CT molecular complexity index is 573. The molecule has 1 saturated heterocycles. The van der Waals surface area contributed by atoms with E-state index in [9.17, 15) is 0 Å². The zero-order chi connectivity index (χ0) is 13.9. The van der Waals surface area contributed by atoms with Gasteiger partial charge in [0.2, 0.25) is 0 Å². The molecule has 1 fully saturated rings. The summed E-state index contributed by atoms with van der Waals surface area (Å²) in [6, 6.07) is 8.40. The van der Waals surface area contributed by atoms with Crippen LogP contribution in [0.3, 0.4) is 0 Å². The first-order valence-electron chi connectivity index (χ1n) is 7.31. The zero-order valence-corrected chi connectivity index (χ0v) is 14.1. The van der Waals surface area contributed by atoms with Crippen LogP contribution in [0, 0.1) is 0 Å². The minimum absolute atomic E-state index is 0.677. The van der Waals surface area contributed by atoms with Crippen molar-refractivity contribution >= 4 is 27.3 Å². The summed E-state index contributed by atoms with van der Waals surface area (Å²) in [7, 11) is 0. The summed E-state index contributed by atoms with van der Waals surface area (Å²) in [5.41, 5.74) is 2.33. The molecule has 0 spiro atoms. The molecule has 1 aromatic carbocycles. The molecule has 1 aliphatic heterocycles. The van der Waals surface area contributed by atoms with E-state index in [1.54, 1.807) is 4.90 Å². The van der Waals surface area contributed by atoms with Gasteiger partial charge < -0.3 is 4.90 Å². The van der Waals surface area contributed by atoms with Gasteiger partial charge in [-0.15, -0.1) is 11.3 Å². The van der Waals surface area contributed by atoms with Crippen LogP contribution in [-0.2, 0) is 0 Å². The number of rotatable bonds is 3. The lowest BCUT2D eigenvalue weighted by atomic mass is 9.97. The number of thiazole rings is 1. The van der Waals surface area contributed by atoms with Crippen LogP contribution in [0.1, 0.15) is 30.7 Å². The summed E-state index contributed by atoms with van der Waals surface area (Å²) in [5, 5.41) is 3.53. The molecule has 0 atom stereocenters. The van der Waals surface area contributed by atoms with Crippen molar-refractivity contribution < 1.29 is 4.90 Å². The molecule has 4 heteroatoms. The number of nitrogens with zero attached hydrogens (tertiary/aromatic N) is 1. The maximum Gasteiger partial charge on any atom is 0.0968 e. The van der Waals surface area contributed by atoms with E-state index in [2.05, 4.69) is 52.5 Å². The van der Waals surface area contributed by atoms with Gasteiger partial charge in [-0.3, -0.25) is 0 Å². The van der Waals surface area contributed by atoms with Gasteiger partial charge in [-0.2, -0.15) is 0 Å². The van der Waals surface area contributed by atoms with Crippen molar-refractivity contribution in [1.29, 1.82) is 0 Å². The predicted molar refractivity (Wildman–Crippen MR) is 88.5 cm³/mol. The number of quaternary nitrogens is 1. The molecule has 0 bridgehead atoms. The molecule has 0 aliphatic carbocycles. The van der Waals surface area contributed by atoms with E-state index in [4.69, 9.17) is 4.98 Å². The summed E-state index contributed by atoms with van der Waals surface area (Å²) in [6.07, 6.45) is 2.57. The third kappa shape index (κ3) is 3.13. The number of aromatic nitrogens is 1. The van der Waals surface area contributed by atoms with Gasteiger partial charge in [0, 0.05) is 34.2 Å². The van der Waals surface area contributed by atoms with Crippen molar-refractivity contribution in [2.24, 2.45) is 0 Å². The molecule has 0 saturated carbocycles. The predicted octanol–water partition coefficient (Wildman–Crippen LogP) is 3.35. The number of piperidine rings is 1. The SMILES string of the molecule is CC[NH+]1CCC(c2nc(-c3cccc(Br)c3)cs2)CC1. The number of benzene rings is 1. The molecule has 0 amide bonds. The van der Waals surface area contributed by atoms with Crippen LogP contribution in [0.4, 0.5) is 0 Å². The normalized spacial score (nSPS) is 22.9. The van der Waals surface area contributed by atoms with Crippen molar-refractivity contribution in [2.45, 2.75) is 25.7 Å². The van der Waals surface area contributed by atoms with Crippen LogP contribution < -0.4 is 4.90 Å². The Morgan fingerprint density at radius 1 is 1.35 bits per heavy atom. The van der Waals surface area contributed by atoms with Gasteiger partial charge in [0.1, 0.15) is 0 Å². The lowest BCUT2D eigenvalue weighted by Crippen LogP contribution is -3.12.